The zero-order valence-electron chi connectivity index (χ0n) is 10.8. The standard InChI is InChI=1S/C16H14BrNOS/c17-13-5-3-4-11(8-13)12(10-19)9-16-18-14-6-1-2-7-15(14)20-16/h1-8,12,19H,9-10H2. The molecule has 0 aliphatic heterocycles. The molecule has 0 saturated carbocycles. The van der Waals surface area contributed by atoms with Crippen molar-refractivity contribution in [2.75, 3.05) is 6.61 Å². The summed E-state index contributed by atoms with van der Waals surface area (Å²) in [5.41, 5.74) is 2.18. The Balaban J connectivity index is 1.87. The fourth-order valence-electron chi connectivity index (χ4n) is 2.27. The minimum Gasteiger partial charge on any atom is -0.396 e. The molecule has 1 atom stereocenters. The van der Waals surface area contributed by atoms with Crippen molar-refractivity contribution >= 4 is 37.5 Å². The van der Waals surface area contributed by atoms with Crippen LogP contribution in [0, 0.1) is 0 Å². The molecule has 3 rings (SSSR count). The maximum Gasteiger partial charge on any atom is 0.0945 e. The van der Waals surface area contributed by atoms with E-state index in [9.17, 15) is 5.11 Å². The number of fused-ring (bicyclic) bond motifs is 1. The highest BCUT2D eigenvalue weighted by atomic mass is 79.9. The molecule has 1 heterocycles. The van der Waals surface area contributed by atoms with Crippen molar-refractivity contribution < 1.29 is 5.11 Å². The first kappa shape index (κ1) is 13.7. The molecule has 0 radical (unpaired) electrons. The smallest absolute Gasteiger partial charge is 0.0945 e. The predicted molar refractivity (Wildman–Crippen MR) is 87.3 cm³/mol. The molecule has 1 N–H and O–H groups in total. The second kappa shape index (κ2) is 6.04. The molecule has 2 nitrogen and oxygen atoms in total. The summed E-state index contributed by atoms with van der Waals surface area (Å²) in [6.07, 6.45) is 0.770. The Hall–Kier alpha value is -1.23. The molecule has 2 aromatic carbocycles. The van der Waals surface area contributed by atoms with Crippen molar-refractivity contribution in [3.63, 3.8) is 0 Å². The van der Waals surface area contributed by atoms with Gasteiger partial charge in [-0.1, -0.05) is 40.2 Å². The molecule has 20 heavy (non-hydrogen) atoms. The molecule has 0 amide bonds. The number of hydrogen-bond acceptors (Lipinski definition) is 3. The first-order chi connectivity index (χ1) is 9.76. The van der Waals surface area contributed by atoms with Gasteiger partial charge in [0, 0.05) is 16.8 Å². The summed E-state index contributed by atoms with van der Waals surface area (Å²) in [5, 5.41) is 10.7. The van der Waals surface area contributed by atoms with Crippen molar-refractivity contribution in [2.24, 2.45) is 0 Å². The molecule has 3 aromatic rings. The average molecular weight is 348 g/mol. The summed E-state index contributed by atoms with van der Waals surface area (Å²) >= 11 is 5.18. The van der Waals surface area contributed by atoms with Gasteiger partial charge in [-0.2, -0.15) is 0 Å². The van der Waals surface area contributed by atoms with Crippen LogP contribution in [0.3, 0.4) is 0 Å². The van der Waals surface area contributed by atoms with Crippen molar-refractivity contribution in [3.05, 3.63) is 63.6 Å². The highest BCUT2D eigenvalue weighted by Gasteiger charge is 2.14. The molecule has 1 unspecified atom stereocenters. The third kappa shape index (κ3) is 2.92. The average Bonchev–Trinajstić information content (AvgIpc) is 2.87. The highest BCUT2D eigenvalue weighted by molar-refractivity contribution is 9.10. The van der Waals surface area contributed by atoms with Crippen LogP contribution in [0.15, 0.2) is 53.0 Å². The number of aromatic nitrogens is 1. The molecule has 0 saturated heterocycles. The van der Waals surface area contributed by atoms with Gasteiger partial charge in [-0.15, -0.1) is 11.3 Å². The van der Waals surface area contributed by atoms with Crippen LogP contribution in [0.5, 0.6) is 0 Å². The molecular weight excluding hydrogens is 334 g/mol. The first-order valence-corrected chi connectivity index (χ1v) is 8.08. The van der Waals surface area contributed by atoms with E-state index in [4.69, 9.17) is 0 Å². The quantitative estimate of drug-likeness (QED) is 0.759. The summed E-state index contributed by atoms with van der Waals surface area (Å²) in [5.74, 6) is 0.0908. The van der Waals surface area contributed by atoms with Crippen LogP contribution in [0.25, 0.3) is 10.2 Å². The monoisotopic (exact) mass is 347 g/mol. The van der Waals surface area contributed by atoms with Gasteiger partial charge in [0.15, 0.2) is 0 Å². The van der Waals surface area contributed by atoms with Crippen molar-refractivity contribution in [1.29, 1.82) is 0 Å². The number of halogens is 1. The molecule has 0 fully saturated rings. The Morgan fingerprint density at radius 1 is 1.15 bits per heavy atom. The summed E-state index contributed by atoms with van der Waals surface area (Å²) < 4.78 is 2.24. The normalized spacial score (nSPS) is 12.7. The fraction of sp³-hybridized carbons (Fsp3) is 0.188. The van der Waals surface area contributed by atoms with Crippen LogP contribution in [-0.4, -0.2) is 16.7 Å². The van der Waals surface area contributed by atoms with Gasteiger partial charge in [0.05, 0.1) is 21.8 Å². The van der Waals surface area contributed by atoms with Gasteiger partial charge < -0.3 is 5.11 Å². The van der Waals surface area contributed by atoms with Crippen LogP contribution in [0.1, 0.15) is 16.5 Å². The Bertz CT molecular complexity index is 692. The number of benzene rings is 2. The first-order valence-electron chi connectivity index (χ1n) is 6.47. The molecule has 102 valence electrons. The van der Waals surface area contributed by atoms with E-state index in [1.54, 1.807) is 11.3 Å². The fourth-order valence-corrected chi connectivity index (χ4v) is 3.73. The number of aliphatic hydroxyl groups excluding tert-OH is 1. The lowest BCUT2D eigenvalue weighted by atomic mass is 9.97. The van der Waals surface area contributed by atoms with E-state index in [1.165, 1.54) is 4.70 Å². The van der Waals surface area contributed by atoms with E-state index in [0.29, 0.717) is 0 Å². The van der Waals surface area contributed by atoms with Gasteiger partial charge in [0.1, 0.15) is 0 Å². The minimum absolute atomic E-state index is 0.0908. The zero-order chi connectivity index (χ0) is 13.9. The maximum absolute atomic E-state index is 9.67. The lowest BCUT2D eigenvalue weighted by Crippen LogP contribution is -2.07. The Kier molecular flexibility index (Phi) is 4.15. The van der Waals surface area contributed by atoms with Gasteiger partial charge in [-0.05, 0) is 29.8 Å². The Morgan fingerprint density at radius 3 is 2.75 bits per heavy atom. The van der Waals surface area contributed by atoms with Crippen molar-refractivity contribution in [1.82, 2.24) is 4.98 Å². The van der Waals surface area contributed by atoms with Gasteiger partial charge in [-0.3, -0.25) is 0 Å². The van der Waals surface area contributed by atoms with E-state index in [0.717, 1.165) is 27.0 Å². The second-order valence-electron chi connectivity index (χ2n) is 4.71. The summed E-state index contributed by atoms with van der Waals surface area (Å²) in [7, 11) is 0. The Labute approximate surface area is 130 Å². The SMILES string of the molecule is OCC(Cc1nc2ccccc2s1)c1cccc(Br)c1. The number of thiazole rings is 1. The molecular formula is C16H14BrNOS. The third-order valence-corrected chi connectivity index (χ3v) is 4.85. The number of nitrogens with zero attached hydrogens (tertiary/aromatic N) is 1. The van der Waals surface area contributed by atoms with Crippen molar-refractivity contribution in [3.8, 4) is 0 Å². The van der Waals surface area contributed by atoms with E-state index >= 15 is 0 Å². The lowest BCUT2D eigenvalue weighted by Gasteiger charge is -2.13. The molecule has 4 heteroatoms. The second-order valence-corrected chi connectivity index (χ2v) is 6.74. The van der Waals surface area contributed by atoms with Gasteiger partial charge in [-0.25, -0.2) is 4.98 Å². The largest absolute Gasteiger partial charge is 0.396 e. The number of para-hydroxylation sites is 1. The zero-order valence-corrected chi connectivity index (χ0v) is 13.2. The summed E-state index contributed by atoms with van der Waals surface area (Å²) in [6, 6.07) is 16.3. The van der Waals surface area contributed by atoms with E-state index < -0.39 is 0 Å². The lowest BCUT2D eigenvalue weighted by molar-refractivity contribution is 0.264. The maximum atomic E-state index is 9.67. The molecule has 0 aliphatic rings. The van der Waals surface area contributed by atoms with Gasteiger partial charge in [0.25, 0.3) is 0 Å². The topological polar surface area (TPSA) is 33.1 Å². The Morgan fingerprint density at radius 2 is 2.00 bits per heavy atom. The van der Waals surface area contributed by atoms with E-state index in [-0.39, 0.29) is 12.5 Å². The van der Waals surface area contributed by atoms with Crippen LogP contribution in [-0.2, 0) is 6.42 Å². The van der Waals surface area contributed by atoms with E-state index in [2.05, 4.69) is 39.1 Å². The minimum atomic E-state index is 0.0908. The number of rotatable bonds is 4. The summed E-state index contributed by atoms with van der Waals surface area (Å²) in [4.78, 5) is 4.64. The number of aliphatic hydroxyl groups is 1. The molecule has 0 aliphatic carbocycles. The molecule has 0 spiro atoms. The van der Waals surface area contributed by atoms with Gasteiger partial charge >= 0.3 is 0 Å². The van der Waals surface area contributed by atoms with Crippen LogP contribution in [0.2, 0.25) is 0 Å². The number of hydrogen-bond donors (Lipinski definition) is 1. The molecule has 1 aromatic heterocycles. The van der Waals surface area contributed by atoms with Crippen LogP contribution >= 0.6 is 27.3 Å². The third-order valence-electron chi connectivity index (χ3n) is 3.30. The van der Waals surface area contributed by atoms with Crippen LogP contribution < -0.4 is 0 Å². The van der Waals surface area contributed by atoms with Crippen LogP contribution in [0.4, 0.5) is 0 Å². The predicted octanol–water partition coefficient (Wildman–Crippen LogP) is 4.38. The van der Waals surface area contributed by atoms with E-state index in [1.807, 2.05) is 30.3 Å². The van der Waals surface area contributed by atoms with Crippen molar-refractivity contribution in [2.45, 2.75) is 12.3 Å². The summed E-state index contributed by atoms with van der Waals surface area (Å²) in [6.45, 7) is 0.131. The van der Waals surface area contributed by atoms with Gasteiger partial charge in [0.2, 0.25) is 0 Å². The molecule has 0 bridgehead atoms. The highest BCUT2D eigenvalue weighted by Crippen LogP contribution is 2.28.